The molecule has 134 valence electrons. The number of fused-ring (bicyclic) bond motifs is 1. The van der Waals surface area contributed by atoms with Crippen LogP contribution in [-0.2, 0) is 11.3 Å². The van der Waals surface area contributed by atoms with Crippen LogP contribution in [0.4, 0.5) is 9.59 Å². The van der Waals surface area contributed by atoms with E-state index in [-0.39, 0.29) is 23.8 Å². The van der Waals surface area contributed by atoms with Crippen LogP contribution in [0.1, 0.15) is 11.1 Å². The summed E-state index contributed by atoms with van der Waals surface area (Å²) < 4.78 is 0. The number of hydrogen-bond donors (Lipinski definition) is 4. The number of rotatable bonds is 4. The molecular weight excluding hydrogens is 368 g/mol. The van der Waals surface area contributed by atoms with Crippen LogP contribution in [0.2, 0.25) is 0 Å². The van der Waals surface area contributed by atoms with Crippen LogP contribution in [0.3, 0.4) is 0 Å². The van der Waals surface area contributed by atoms with Gasteiger partial charge in [0.1, 0.15) is 0 Å². The first-order valence-electron chi connectivity index (χ1n) is 8.14. The second kappa shape index (κ2) is 6.14. The predicted molar refractivity (Wildman–Crippen MR) is 105 cm³/mol. The molecule has 2 fully saturated rings. The number of amides is 4. The highest BCUT2D eigenvalue weighted by molar-refractivity contribution is 7.80. The first-order chi connectivity index (χ1) is 12.6. The Morgan fingerprint density at radius 2 is 1.15 bits per heavy atom. The highest BCUT2D eigenvalue weighted by Crippen LogP contribution is 2.53. The molecule has 2 heterocycles. The van der Waals surface area contributed by atoms with E-state index >= 15 is 0 Å². The average molecular weight is 387 g/mol. The summed E-state index contributed by atoms with van der Waals surface area (Å²) in [5.41, 5.74) is -0.717. The fourth-order valence-corrected chi connectivity index (χ4v) is 4.74. The van der Waals surface area contributed by atoms with E-state index in [2.05, 4.69) is 35.9 Å². The van der Waals surface area contributed by atoms with E-state index in [0.717, 1.165) is 11.1 Å². The van der Waals surface area contributed by atoms with Gasteiger partial charge in [0.2, 0.25) is 0 Å². The van der Waals surface area contributed by atoms with Crippen LogP contribution >= 0.6 is 25.3 Å². The molecule has 0 aliphatic carbocycles. The number of benzene rings is 2. The van der Waals surface area contributed by atoms with Gasteiger partial charge in [-0.15, -0.1) is 0 Å². The van der Waals surface area contributed by atoms with E-state index in [9.17, 15) is 9.59 Å². The number of carbonyl (C=O) groups is 2. The van der Waals surface area contributed by atoms with Crippen molar-refractivity contribution < 1.29 is 9.59 Å². The van der Waals surface area contributed by atoms with Crippen molar-refractivity contribution in [1.82, 2.24) is 20.4 Å². The third kappa shape index (κ3) is 1.97. The summed E-state index contributed by atoms with van der Waals surface area (Å²) in [6.07, 6.45) is 0. The number of hydrogen-bond acceptors (Lipinski definition) is 4. The molecular formula is C18H18N4O2S2. The number of thiol groups is 2. The van der Waals surface area contributed by atoms with Crippen molar-refractivity contribution in [3.63, 3.8) is 0 Å². The summed E-state index contributed by atoms with van der Waals surface area (Å²) in [4.78, 5) is 28.9. The Bertz CT molecular complexity index is 821. The Kier molecular flexibility index (Phi) is 4.04. The second-order valence-corrected chi connectivity index (χ2v) is 6.72. The van der Waals surface area contributed by atoms with E-state index in [1.807, 2.05) is 60.7 Å². The van der Waals surface area contributed by atoms with Crippen molar-refractivity contribution in [2.75, 3.05) is 11.8 Å². The molecule has 6 nitrogen and oxygen atoms in total. The maximum atomic E-state index is 12.9. The van der Waals surface area contributed by atoms with Gasteiger partial charge in [-0.05, 0) is 0 Å². The molecule has 8 heteroatoms. The zero-order chi connectivity index (χ0) is 18.4. The quantitative estimate of drug-likeness (QED) is 0.610. The first-order valence-corrected chi connectivity index (χ1v) is 9.40. The molecule has 4 amide bonds. The molecule has 0 aromatic heterocycles. The van der Waals surface area contributed by atoms with Gasteiger partial charge in [-0.25, -0.2) is 9.59 Å². The van der Waals surface area contributed by atoms with Gasteiger partial charge in [-0.1, -0.05) is 60.7 Å². The monoisotopic (exact) mass is 386 g/mol. The summed E-state index contributed by atoms with van der Waals surface area (Å²) in [7, 11) is 0. The maximum Gasteiger partial charge on any atom is 0.322 e. The highest BCUT2D eigenvalue weighted by Gasteiger charge is 2.73. The largest absolute Gasteiger partial charge is 0.322 e. The molecule has 4 rings (SSSR count). The number of nitrogens with zero attached hydrogens (tertiary/aromatic N) is 2. The lowest BCUT2D eigenvalue weighted by atomic mass is 9.81. The predicted octanol–water partition coefficient (Wildman–Crippen LogP) is 2.52. The lowest BCUT2D eigenvalue weighted by molar-refractivity contribution is 0.00901. The number of carbonyl (C=O) groups excluding carboxylic acids is 2. The van der Waals surface area contributed by atoms with Crippen molar-refractivity contribution in [3.05, 3.63) is 71.8 Å². The lowest BCUT2D eigenvalue weighted by Gasteiger charge is -2.46. The molecule has 0 bridgehead atoms. The van der Waals surface area contributed by atoms with Gasteiger partial charge in [0.15, 0.2) is 11.3 Å². The third-order valence-electron chi connectivity index (χ3n) is 5.05. The molecule has 26 heavy (non-hydrogen) atoms. The molecule has 2 aromatic rings. The van der Waals surface area contributed by atoms with Crippen LogP contribution in [0.15, 0.2) is 60.7 Å². The number of urea groups is 2. The zero-order valence-electron chi connectivity index (χ0n) is 13.8. The Morgan fingerprint density at radius 1 is 0.731 bits per heavy atom. The molecule has 0 radical (unpaired) electrons. The smallest absolute Gasteiger partial charge is 0.307 e. The van der Waals surface area contributed by atoms with Crippen molar-refractivity contribution in [3.8, 4) is 0 Å². The minimum Gasteiger partial charge on any atom is -0.307 e. The van der Waals surface area contributed by atoms with E-state index in [4.69, 9.17) is 0 Å². The van der Waals surface area contributed by atoms with E-state index in [1.165, 1.54) is 0 Å². The normalized spacial score (nSPS) is 27.3. The Balaban J connectivity index is 2.09. The number of nitrogens with one attached hydrogen (secondary N) is 2. The third-order valence-corrected chi connectivity index (χ3v) is 5.61. The van der Waals surface area contributed by atoms with Gasteiger partial charge in [0.05, 0.1) is 11.8 Å². The van der Waals surface area contributed by atoms with Crippen LogP contribution in [0.5, 0.6) is 0 Å². The van der Waals surface area contributed by atoms with E-state index < -0.39 is 11.3 Å². The lowest BCUT2D eigenvalue weighted by Crippen LogP contribution is -2.62. The highest BCUT2D eigenvalue weighted by atomic mass is 32.1. The van der Waals surface area contributed by atoms with Crippen molar-refractivity contribution in [2.24, 2.45) is 0 Å². The molecule has 0 saturated carbocycles. The average Bonchev–Trinajstić information content (AvgIpc) is 3.07. The molecule has 2 aliphatic heterocycles. The van der Waals surface area contributed by atoms with Gasteiger partial charge in [-0.2, -0.15) is 25.3 Å². The molecule has 2 aliphatic rings. The summed E-state index contributed by atoms with van der Waals surface area (Å²) in [6, 6.07) is 18.3. The molecule has 2 saturated heterocycles. The SMILES string of the molecule is O=C1NC2(c3ccccc3)NC(=O)N(CS)C2(c2ccccc2)N1CS. The maximum absolute atomic E-state index is 12.9. The van der Waals surface area contributed by atoms with Gasteiger partial charge in [0, 0.05) is 11.1 Å². The van der Waals surface area contributed by atoms with Crippen molar-refractivity contribution in [1.29, 1.82) is 0 Å². The van der Waals surface area contributed by atoms with Crippen LogP contribution in [-0.4, -0.2) is 33.6 Å². The van der Waals surface area contributed by atoms with E-state index in [1.54, 1.807) is 9.80 Å². The van der Waals surface area contributed by atoms with Gasteiger partial charge in [0.25, 0.3) is 0 Å². The topological polar surface area (TPSA) is 64.7 Å². The first kappa shape index (κ1) is 17.1. The minimum absolute atomic E-state index is 0.133. The molecule has 0 atom stereocenters. The van der Waals surface area contributed by atoms with Crippen molar-refractivity contribution >= 4 is 37.3 Å². The van der Waals surface area contributed by atoms with Crippen LogP contribution in [0.25, 0.3) is 0 Å². The summed E-state index contributed by atoms with van der Waals surface area (Å²) in [5.74, 6) is 0.267. The molecule has 0 spiro atoms. The fraction of sp³-hybridized carbons (Fsp3) is 0.222. The Hall–Kier alpha value is -2.32. The molecule has 0 unspecified atom stereocenters. The fourth-order valence-electron chi connectivity index (χ4n) is 4.07. The summed E-state index contributed by atoms with van der Waals surface area (Å²) >= 11 is 8.79. The Labute approximate surface area is 162 Å². The van der Waals surface area contributed by atoms with Crippen molar-refractivity contribution in [2.45, 2.75) is 11.3 Å². The molecule has 2 N–H and O–H groups in total. The van der Waals surface area contributed by atoms with Crippen LogP contribution < -0.4 is 10.6 Å². The van der Waals surface area contributed by atoms with Gasteiger partial charge >= 0.3 is 12.1 Å². The zero-order valence-corrected chi connectivity index (χ0v) is 15.6. The van der Waals surface area contributed by atoms with Crippen LogP contribution in [0, 0.1) is 0 Å². The van der Waals surface area contributed by atoms with Gasteiger partial charge in [-0.3, -0.25) is 9.80 Å². The summed E-state index contributed by atoms with van der Waals surface area (Å²) in [6.45, 7) is 0. The minimum atomic E-state index is -1.16. The molecule has 2 aromatic carbocycles. The van der Waals surface area contributed by atoms with E-state index in [0.29, 0.717) is 0 Å². The Morgan fingerprint density at radius 3 is 1.58 bits per heavy atom. The summed E-state index contributed by atoms with van der Waals surface area (Å²) in [5, 5.41) is 6.02. The standard InChI is InChI=1S/C18H18N4O2S2/c23-15-19-17(13-7-3-1-4-8-13)18(21(15)11-25,14-9-5-2-6-10-14)22(12-26)16(24)20-17/h1-10,25-26H,11-12H2,(H,19,23)(H,20,24). The second-order valence-electron chi connectivity index (χ2n) is 6.15. The van der Waals surface area contributed by atoms with Gasteiger partial charge < -0.3 is 10.6 Å².